The van der Waals surface area contributed by atoms with Crippen molar-refractivity contribution in [3.8, 4) is 0 Å². The molecule has 90 valence electrons. The van der Waals surface area contributed by atoms with Crippen LogP contribution in [0.4, 0.5) is 5.69 Å². The zero-order chi connectivity index (χ0) is 11.8. The van der Waals surface area contributed by atoms with Crippen molar-refractivity contribution in [1.82, 2.24) is 5.32 Å². The summed E-state index contributed by atoms with van der Waals surface area (Å²) in [5.74, 6) is 0.279. The van der Waals surface area contributed by atoms with Crippen LogP contribution in [0.15, 0.2) is 12.1 Å². The highest BCUT2D eigenvalue weighted by molar-refractivity contribution is 6.02. The first kappa shape index (κ1) is 10.8. The van der Waals surface area contributed by atoms with E-state index in [9.17, 15) is 4.79 Å². The predicted octanol–water partition coefficient (Wildman–Crippen LogP) is 1.63. The van der Waals surface area contributed by atoms with Crippen molar-refractivity contribution in [3.05, 3.63) is 28.8 Å². The van der Waals surface area contributed by atoms with Gasteiger partial charge in [0.1, 0.15) is 0 Å². The first-order valence-electron chi connectivity index (χ1n) is 6.45. The molecule has 0 bridgehead atoms. The van der Waals surface area contributed by atoms with E-state index in [0.29, 0.717) is 6.42 Å². The maximum absolute atomic E-state index is 11.9. The first-order valence-corrected chi connectivity index (χ1v) is 6.45. The van der Waals surface area contributed by atoms with Crippen LogP contribution < -0.4 is 10.2 Å². The van der Waals surface area contributed by atoms with E-state index >= 15 is 0 Å². The molecule has 0 unspecified atom stereocenters. The van der Waals surface area contributed by atoms with Crippen LogP contribution in [0, 0.1) is 0 Å². The summed E-state index contributed by atoms with van der Waals surface area (Å²) >= 11 is 0. The van der Waals surface area contributed by atoms with E-state index in [0.717, 1.165) is 32.5 Å². The number of carbonyl (C=O) groups is 1. The minimum Gasteiger partial charge on any atom is -0.313 e. The topological polar surface area (TPSA) is 32.3 Å². The number of aryl methyl sites for hydroxylation is 1. The van der Waals surface area contributed by atoms with Crippen molar-refractivity contribution in [3.63, 3.8) is 0 Å². The lowest BCUT2D eigenvalue weighted by Crippen LogP contribution is -2.31. The third kappa shape index (κ3) is 1.75. The molecule has 0 aliphatic carbocycles. The number of benzene rings is 1. The van der Waals surface area contributed by atoms with Crippen LogP contribution >= 0.6 is 0 Å². The predicted molar refractivity (Wildman–Crippen MR) is 68.2 cm³/mol. The van der Waals surface area contributed by atoms with E-state index in [4.69, 9.17) is 0 Å². The Morgan fingerprint density at radius 2 is 2.18 bits per heavy atom. The number of nitrogens with one attached hydrogen (secondary N) is 1. The lowest BCUT2D eigenvalue weighted by atomic mass is 9.97. The van der Waals surface area contributed by atoms with Crippen molar-refractivity contribution >= 4 is 11.6 Å². The summed E-state index contributed by atoms with van der Waals surface area (Å²) in [5.41, 5.74) is 5.14. The molecule has 0 aromatic heterocycles. The lowest BCUT2D eigenvalue weighted by Gasteiger charge is -2.26. The number of hydrogen-bond acceptors (Lipinski definition) is 2. The Morgan fingerprint density at radius 3 is 3.00 bits per heavy atom. The van der Waals surface area contributed by atoms with Gasteiger partial charge in [0.15, 0.2) is 0 Å². The molecule has 3 nitrogen and oxygen atoms in total. The van der Waals surface area contributed by atoms with Crippen LogP contribution in [0.1, 0.15) is 30.0 Å². The summed E-state index contributed by atoms with van der Waals surface area (Å²) in [6.45, 7) is 4.91. The molecule has 2 heterocycles. The van der Waals surface area contributed by atoms with E-state index in [2.05, 4.69) is 24.4 Å². The van der Waals surface area contributed by atoms with Gasteiger partial charge in [-0.05, 0) is 36.1 Å². The molecular weight excluding hydrogens is 212 g/mol. The van der Waals surface area contributed by atoms with Gasteiger partial charge in [-0.15, -0.1) is 0 Å². The van der Waals surface area contributed by atoms with Gasteiger partial charge in [0, 0.05) is 13.1 Å². The maximum atomic E-state index is 11.9. The number of rotatable bonds is 3. The van der Waals surface area contributed by atoms with Gasteiger partial charge in [-0.3, -0.25) is 4.79 Å². The molecule has 0 radical (unpaired) electrons. The van der Waals surface area contributed by atoms with Crippen molar-refractivity contribution in [2.24, 2.45) is 0 Å². The molecule has 1 amide bonds. The normalized spacial score (nSPS) is 17.5. The highest BCUT2D eigenvalue weighted by atomic mass is 16.2. The molecule has 0 atom stereocenters. The summed E-state index contributed by atoms with van der Waals surface area (Å²) in [5, 5.41) is 3.35. The molecule has 17 heavy (non-hydrogen) atoms. The van der Waals surface area contributed by atoms with E-state index in [1.54, 1.807) is 0 Å². The van der Waals surface area contributed by atoms with Crippen LogP contribution in [-0.4, -0.2) is 19.0 Å². The van der Waals surface area contributed by atoms with Crippen molar-refractivity contribution in [2.45, 2.75) is 32.7 Å². The van der Waals surface area contributed by atoms with Gasteiger partial charge >= 0.3 is 0 Å². The molecule has 1 aromatic rings. The van der Waals surface area contributed by atoms with Crippen LogP contribution in [0.2, 0.25) is 0 Å². The Labute approximate surface area is 102 Å². The van der Waals surface area contributed by atoms with Crippen LogP contribution in [0.25, 0.3) is 0 Å². The molecule has 3 rings (SSSR count). The fourth-order valence-electron chi connectivity index (χ4n) is 2.92. The zero-order valence-electron chi connectivity index (χ0n) is 10.3. The largest absolute Gasteiger partial charge is 0.313 e. The SMILES string of the molecule is CCNCc1cc2c3c(c1)CC(=O)N3CCC2. The van der Waals surface area contributed by atoms with E-state index in [1.165, 1.54) is 22.4 Å². The smallest absolute Gasteiger partial charge is 0.231 e. The minimum absolute atomic E-state index is 0.279. The number of anilines is 1. The third-order valence-electron chi connectivity index (χ3n) is 3.65. The lowest BCUT2D eigenvalue weighted by molar-refractivity contribution is -0.117. The van der Waals surface area contributed by atoms with Crippen LogP contribution in [0.5, 0.6) is 0 Å². The average Bonchev–Trinajstić information content (AvgIpc) is 2.66. The molecule has 2 aliphatic heterocycles. The van der Waals surface area contributed by atoms with Gasteiger partial charge in [-0.2, -0.15) is 0 Å². The van der Waals surface area contributed by atoms with E-state index in [1.807, 2.05) is 4.90 Å². The molecule has 0 saturated heterocycles. The van der Waals surface area contributed by atoms with E-state index < -0.39 is 0 Å². The highest BCUT2D eigenvalue weighted by Crippen LogP contribution is 2.37. The highest BCUT2D eigenvalue weighted by Gasteiger charge is 2.32. The molecule has 1 aromatic carbocycles. The molecule has 3 heteroatoms. The van der Waals surface area contributed by atoms with Gasteiger partial charge < -0.3 is 10.2 Å². The Kier molecular flexibility index (Phi) is 2.63. The number of hydrogen-bond donors (Lipinski definition) is 1. The first-order chi connectivity index (χ1) is 8.29. The van der Waals surface area contributed by atoms with Crippen molar-refractivity contribution < 1.29 is 4.79 Å². The summed E-state index contributed by atoms with van der Waals surface area (Å²) in [6.07, 6.45) is 2.82. The Bertz CT molecular complexity index is 468. The second-order valence-electron chi connectivity index (χ2n) is 4.87. The van der Waals surface area contributed by atoms with Crippen molar-refractivity contribution in [1.29, 1.82) is 0 Å². The van der Waals surface area contributed by atoms with Gasteiger partial charge in [-0.1, -0.05) is 19.1 Å². The number of amides is 1. The van der Waals surface area contributed by atoms with Crippen LogP contribution in [-0.2, 0) is 24.2 Å². The Hall–Kier alpha value is -1.35. The molecule has 0 fully saturated rings. The second-order valence-corrected chi connectivity index (χ2v) is 4.87. The third-order valence-corrected chi connectivity index (χ3v) is 3.65. The Morgan fingerprint density at radius 1 is 1.35 bits per heavy atom. The second kappa shape index (κ2) is 4.15. The average molecular weight is 230 g/mol. The zero-order valence-corrected chi connectivity index (χ0v) is 10.3. The summed E-state index contributed by atoms with van der Waals surface area (Å²) in [4.78, 5) is 13.9. The quantitative estimate of drug-likeness (QED) is 0.856. The van der Waals surface area contributed by atoms with Gasteiger partial charge in [0.2, 0.25) is 5.91 Å². The summed E-state index contributed by atoms with van der Waals surface area (Å²) in [7, 11) is 0. The summed E-state index contributed by atoms with van der Waals surface area (Å²) in [6, 6.07) is 4.47. The number of carbonyl (C=O) groups excluding carboxylic acids is 1. The maximum Gasteiger partial charge on any atom is 0.231 e. The molecule has 2 aliphatic rings. The van der Waals surface area contributed by atoms with Crippen LogP contribution in [0.3, 0.4) is 0 Å². The monoisotopic (exact) mass is 230 g/mol. The summed E-state index contributed by atoms with van der Waals surface area (Å²) < 4.78 is 0. The fraction of sp³-hybridized carbons (Fsp3) is 0.500. The molecular formula is C14H18N2O. The fourth-order valence-corrected chi connectivity index (χ4v) is 2.92. The van der Waals surface area contributed by atoms with Gasteiger partial charge in [0.25, 0.3) is 0 Å². The van der Waals surface area contributed by atoms with Crippen molar-refractivity contribution in [2.75, 3.05) is 18.0 Å². The minimum atomic E-state index is 0.279. The standard InChI is InChI=1S/C14H18N2O/c1-2-15-9-10-6-11-4-3-5-16-13(17)8-12(7-10)14(11)16/h6-7,15H,2-5,8-9H2,1H3. The Balaban J connectivity index is 1.99. The van der Waals surface area contributed by atoms with Gasteiger partial charge in [-0.25, -0.2) is 0 Å². The van der Waals surface area contributed by atoms with E-state index in [-0.39, 0.29) is 5.91 Å². The molecule has 0 saturated carbocycles. The van der Waals surface area contributed by atoms with Gasteiger partial charge in [0.05, 0.1) is 12.1 Å². The number of nitrogens with zero attached hydrogens (tertiary/aromatic N) is 1. The molecule has 0 spiro atoms. The molecule has 1 N–H and O–H groups in total.